The van der Waals surface area contributed by atoms with Crippen molar-refractivity contribution in [2.24, 2.45) is 0 Å². The predicted octanol–water partition coefficient (Wildman–Crippen LogP) is 2.60. The van der Waals surface area contributed by atoms with Gasteiger partial charge in [-0.15, -0.1) is 5.10 Å². The van der Waals surface area contributed by atoms with Crippen LogP contribution in [-0.2, 0) is 0 Å². The fraction of sp³-hybridized carbons (Fsp3) is 0.333. The summed E-state index contributed by atoms with van der Waals surface area (Å²) < 4.78 is 15.3. The maximum atomic E-state index is 13.7. The smallest absolute Gasteiger partial charge is 0.274 e. The summed E-state index contributed by atoms with van der Waals surface area (Å²) in [6.07, 6.45) is 5.73. The minimum absolute atomic E-state index is 0.236. The van der Waals surface area contributed by atoms with Crippen LogP contribution in [0.3, 0.4) is 0 Å². The van der Waals surface area contributed by atoms with Crippen molar-refractivity contribution in [1.29, 1.82) is 0 Å². The van der Waals surface area contributed by atoms with Crippen molar-refractivity contribution in [3.8, 4) is 16.9 Å². The van der Waals surface area contributed by atoms with Crippen LogP contribution in [0.5, 0.6) is 0 Å². The van der Waals surface area contributed by atoms with Gasteiger partial charge >= 0.3 is 0 Å². The number of hydrogen-bond donors (Lipinski definition) is 1. The summed E-state index contributed by atoms with van der Waals surface area (Å²) in [6.45, 7) is 5.23. The third kappa shape index (κ3) is 4.17. The molecule has 1 aliphatic heterocycles. The summed E-state index contributed by atoms with van der Waals surface area (Å²) in [5, 5.41) is 11.3. The summed E-state index contributed by atoms with van der Waals surface area (Å²) in [6, 6.07) is 8.29. The van der Waals surface area contributed by atoms with E-state index in [0.717, 1.165) is 25.2 Å². The van der Waals surface area contributed by atoms with Gasteiger partial charge in [0.25, 0.3) is 5.91 Å². The summed E-state index contributed by atoms with van der Waals surface area (Å²) in [7, 11) is 0. The fourth-order valence-electron chi connectivity index (χ4n) is 3.56. The highest BCUT2D eigenvalue weighted by molar-refractivity contribution is 5.98. The molecule has 2 aromatic heterocycles. The molecule has 0 radical (unpaired) electrons. The lowest BCUT2D eigenvalue weighted by Gasteiger charge is -2.14. The Kier molecular flexibility index (Phi) is 5.62. The molecule has 1 amide bonds. The van der Waals surface area contributed by atoms with Crippen LogP contribution in [0.4, 0.5) is 4.39 Å². The van der Waals surface area contributed by atoms with Crippen LogP contribution in [0.1, 0.15) is 28.9 Å². The van der Waals surface area contributed by atoms with Gasteiger partial charge in [-0.2, -0.15) is 0 Å². The SMILES string of the molecule is Cc1cc(-n2nnc(C(=O)NCCN3CCCC3)c2-c2ccncc2)ccc1F. The molecule has 0 aliphatic carbocycles. The zero-order valence-corrected chi connectivity index (χ0v) is 16.3. The standard InChI is InChI=1S/C21H23FN6O/c1-15-14-17(4-5-18(15)22)28-20(16-6-8-23-9-7-16)19(25-26-28)21(29)24-10-13-27-11-2-3-12-27/h4-9,14H,2-3,10-13H2,1H3,(H,24,29). The molecule has 1 N–H and O–H groups in total. The monoisotopic (exact) mass is 394 g/mol. The van der Waals surface area contributed by atoms with Gasteiger partial charge in [0, 0.05) is 31.0 Å². The topological polar surface area (TPSA) is 75.9 Å². The number of rotatable bonds is 6. The molecule has 1 aromatic carbocycles. The Morgan fingerprint density at radius 3 is 2.66 bits per heavy atom. The third-order valence-electron chi connectivity index (χ3n) is 5.14. The summed E-state index contributed by atoms with van der Waals surface area (Å²) in [5.41, 5.74) is 2.68. The van der Waals surface area contributed by atoms with E-state index in [2.05, 4.69) is 25.5 Å². The minimum atomic E-state index is -0.292. The maximum absolute atomic E-state index is 13.7. The molecule has 0 spiro atoms. The Bertz CT molecular complexity index is 998. The first-order chi connectivity index (χ1) is 14.1. The highest BCUT2D eigenvalue weighted by Gasteiger charge is 2.22. The van der Waals surface area contributed by atoms with E-state index in [9.17, 15) is 9.18 Å². The van der Waals surface area contributed by atoms with Gasteiger partial charge in [-0.25, -0.2) is 9.07 Å². The van der Waals surface area contributed by atoms with Crippen molar-refractivity contribution in [3.63, 3.8) is 0 Å². The first-order valence-electron chi connectivity index (χ1n) is 9.76. The largest absolute Gasteiger partial charge is 0.349 e. The second-order valence-electron chi connectivity index (χ2n) is 7.17. The molecule has 150 valence electrons. The van der Waals surface area contributed by atoms with Crippen LogP contribution in [0, 0.1) is 12.7 Å². The van der Waals surface area contributed by atoms with E-state index in [-0.39, 0.29) is 17.4 Å². The van der Waals surface area contributed by atoms with Crippen molar-refractivity contribution in [3.05, 3.63) is 59.8 Å². The molecule has 0 atom stereocenters. The van der Waals surface area contributed by atoms with E-state index in [4.69, 9.17) is 0 Å². The van der Waals surface area contributed by atoms with Gasteiger partial charge in [-0.1, -0.05) is 5.21 Å². The lowest BCUT2D eigenvalue weighted by atomic mass is 10.1. The number of likely N-dealkylation sites (tertiary alicyclic amines) is 1. The molecule has 0 unspecified atom stereocenters. The lowest BCUT2D eigenvalue weighted by molar-refractivity contribution is 0.0945. The molecule has 0 bridgehead atoms. The molecular weight excluding hydrogens is 371 g/mol. The van der Waals surface area contributed by atoms with Crippen LogP contribution >= 0.6 is 0 Å². The van der Waals surface area contributed by atoms with E-state index < -0.39 is 0 Å². The average molecular weight is 394 g/mol. The zero-order chi connectivity index (χ0) is 20.2. The molecule has 29 heavy (non-hydrogen) atoms. The molecule has 8 heteroatoms. The number of amides is 1. The van der Waals surface area contributed by atoms with Crippen LogP contribution in [0.15, 0.2) is 42.7 Å². The lowest BCUT2D eigenvalue weighted by Crippen LogP contribution is -2.33. The van der Waals surface area contributed by atoms with Crippen molar-refractivity contribution in [2.75, 3.05) is 26.2 Å². The number of pyridine rings is 1. The number of hydrogen-bond acceptors (Lipinski definition) is 5. The van der Waals surface area contributed by atoms with Gasteiger partial charge in [-0.3, -0.25) is 9.78 Å². The van der Waals surface area contributed by atoms with Gasteiger partial charge in [0.1, 0.15) is 11.5 Å². The average Bonchev–Trinajstić information content (AvgIpc) is 3.40. The first kappa shape index (κ1) is 19.2. The Labute approximate surface area is 168 Å². The Morgan fingerprint density at radius 2 is 1.93 bits per heavy atom. The first-order valence-corrected chi connectivity index (χ1v) is 9.76. The van der Waals surface area contributed by atoms with Crippen molar-refractivity contribution in [1.82, 2.24) is 30.2 Å². The van der Waals surface area contributed by atoms with Gasteiger partial charge in [0.05, 0.1) is 5.69 Å². The van der Waals surface area contributed by atoms with Crippen LogP contribution in [-0.4, -0.2) is 57.0 Å². The summed E-state index contributed by atoms with van der Waals surface area (Å²) >= 11 is 0. The van der Waals surface area contributed by atoms with E-state index in [1.165, 1.54) is 18.9 Å². The second kappa shape index (κ2) is 8.48. The number of nitrogens with zero attached hydrogens (tertiary/aromatic N) is 5. The highest BCUT2D eigenvalue weighted by atomic mass is 19.1. The van der Waals surface area contributed by atoms with Crippen molar-refractivity contribution >= 4 is 5.91 Å². The van der Waals surface area contributed by atoms with E-state index >= 15 is 0 Å². The van der Waals surface area contributed by atoms with Gasteiger partial charge in [0.2, 0.25) is 0 Å². The Hall–Kier alpha value is -3.13. The Balaban J connectivity index is 1.64. The molecule has 1 saturated heterocycles. The van der Waals surface area contributed by atoms with Crippen molar-refractivity contribution in [2.45, 2.75) is 19.8 Å². The molecule has 4 rings (SSSR count). The highest BCUT2D eigenvalue weighted by Crippen LogP contribution is 2.25. The summed E-state index contributed by atoms with van der Waals surface area (Å²) in [5.74, 6) is -0.569. The number of halogens is 1. The number of carbonyl (C=O) groups is 1. The van der Waals surface area contributed by atoms with E-state index in [0.29, 0.717) is 23.5 Å². The van der Waals surface area contributed by atoms with Crippen LogP contribution in [0.25, 0.3) is 16.9 Å². The summed E-state index contributed by atoms with van der Waals surface area (Å²) in [4.78, 5) is 19.2. The molecule has 1 aliphatic rings. The molecule has 0 saturated carbocycles. The number of benzene rings is 1. The quantitative estimate of drug-likeness (QED) is 0.696. The van der Waals surface area contributed by atoms with Crippen LogP contribution < -0.4 is 5.32 Å². The molecule has 3 aromatic rings. The number of aromatic nitrogens is 4. The fourth-order valence-corrected chi connectivity index (χ4v) is 3.56. The number of carbonyl (C=O) groups excluding carboxylic acids is 1. The van der Waals surface area contributed by atoms with Gasteiger partial charge in [0.15, 0.2) is 5.69 Å². The van der Waals surface area contributed by atoms with E-state index in [1.54, 1.807) is 48.3 Å². The zero-order valence-electron chi connectivity index (χ0n) is 16.3. The van der Waals surface area contributed by atoms with E-state index in [1.807, 2.05) is 0 Å². The normalized spacial score (nSPS) is 14.3. The van der Waals surface area contributed by atoms with Gasteiger partial charge in [-0.05, 0) is 68.8 Å². The number of aryl methyl sites for hydroxylation is 1. The molecule has 7 nitrogen and oxygen atoms in total. The van der Waals surface area contributed by atoms with Crippen LogP contribution in [0.2, 0.25) is 0 Å². The molecular formula is C21H23FN6O. The molecule has 1 fully saturated rings. The minimum Gasteiger partial charge on any atom is -0.349 e. The second-order valence-corrected chi connectivity index (χ2v) is 7.17. The Morgan fingerprint density at radius 1 is 1.17 bits per heavy atom. The van der Waals surface area contributed by atoms with Gasteiger partial charge < -0.3 is 10.2 Å². The number of nitrogens with one attached hydrogen (secondary N) is 1. The molecule has 3 heterocycles. The van der Waals surface area contributed by atoms with Crippen molar-refractivity contribution < 1.29 is 9.18 Å². The third-order valence-corrected chi connectivity index (χ3v) is 5.14. The predicted molar refractivity (Wildman–Crippen MR) is 107 cm³/mol. The maximum Gasteiger partial charge on any atom is 0.274 e.